The van der Waals surface area contributed by atoms with E-state index < -0.39 is 17.5 Å². The second kappa shape index (κ2) is 7.99. The molecule has 0 atom stereocenters. The Morgan fingerprint density at radius 3 is 2.47 bits per heavy atom. The van der Waals surface area contributed by atoms with Crippen LogP contribution in [0.3, 0.4) is 0 Å². The molecule has 19 heavy (non-hydrogen) atoms. The number of ether oxygens (including phenoxy) is 1. The molecule has 6 heteroatoms. The maximum absolute atomic E-state index is 11.7. The lowest BCUT2D eigenvalue weighted by atomic mass is 9.82. The van der Waals surface area contributed by atoms with E-state index >= 15 is 0 Å². The van der Waals surface area contributed by atoms with E-state index in [0.29, 0.717) is 32.6 Å². The van der Waals surface area contributed by atoms with Crippen LogP contribution in [0.5, 0.6) is 0 Å². The highest BCUT2D eigenvalue weighted by molar-refractivity contribution is 5.86. The van der Waals surface area contributed by atoms with Gasteiger partial charge in [-0.2, -0.15) is 0 Å². The third-order valence-electron chi connectivity index (χ3n) is 3.35. The van der Waals surface area contributed by atoms with Crippen molar-refractivity contribution in [2.75, 3.05) is 19.8 Å². The van der Waals surface area contributed by atoms with Gasteiger partial charge in [-0.3, -0.25) is 0 Å². The molecule has 3 N–H and O–H groups in total. The molecule has 1 rings (SSSR count). The number of rotatable bonds is 7. The third kappa shape index (κ3) is 5.06. The van der Waals surface area contributed by atoms with Gasteiger partial charge in [-0.05, 0) is 19.3 Å². The number of hydrogen-bond donors (Lipinski definition) is 3. The zero-order chi connectivity index (χ0) is 14.1. The van der Waals surface area contributed by atoms with Crippen LogP contribution in [0, 0.1) is 0 Å². The van der Waals surface area contributed by atoms with Crippen LogP contribution in [-0.4, -0.2) is 42.4 Å². The molecule has 1 fully saturated rings. The fourth-order valence-corrected chi connectivity index (χ4v) is 2.29. The average molecular weight is 272 g/mol. The van der Waals surface area contributed by atoms with Gasteiger partial charge in [-0.25, -0.2) is 9.59 Å². The van der Waals surface area contributed by atoms with E-state index in [1.165, 1.54) is 0 Å². The number of aliphatic carboxylic acids is 1. The van der Waals surface area contributed by atoms with Gasteiger partial charge in [0.1, 0.15) is 5.54 Å². The molecule has 1 aliphatic rings. The second-order valence-corrected chi connectivity index (χ2v) is 4.94. The molecule has 0 aromatic rings. The van der Waals surface area contributed by atoms with Crippen LogP contribution in [0.2, 0.25) is 0 Å². The Labute approximate surface area is 113 Å². The van der Waals surface area contributed by atoms with E-state index in [4.69, 9.17) is 4.74 Å². The number of carboxylic acid groups (broad SMARTS) is 1. The van der Waals surface area contributed by atoms with E-state index in [9.17, 15) is 14.7 Å². The molecular formula is C13H24N2O4. The largest absolute Gasteiger partial charge is 0.480 e. The van der Waals surface area contributed by atoms with Gasteiger partial charge >= 0.3 is 12.0 Å². The van der Waals surface area contributed by atoms with Gasteiger partial charge in [0.15, 0.2) is 0 Å². The van der Waals surface area contributed by atoms with E-state index in [2.05, 4.69) is 10.6 Å². The Morgan fingerprint density at radius 2 is 1.89 bits per heavy atom. The van der Waals surface area contributed by atoms with Crippen molar-refractivity contribution >= 4 is 12.0 Å². The maximum atomic E-state index is 11.7. The van der Waals surface area contributed by atoms with Crippen LogP contribution in [0.4, 0.5) is 4.79 Å². The molecule has 0 spiro atoms. The fourth-order valence-electron chi connectivity index (χ4n) is 2.29. The van der Waals surface area contributed by atoms with Gasteiger partial charge in [0.2, 0.25) is 0 Å². The molecular weight excluding hydrogens is 248 g/mol. The van der Waals surface area contributed by atoms with E-state index in [0.717, 1.165) is 25.7 Å². The molecule has 6 nitrogen and oxygen atoms in total. The maximum Gasteiger partial charge on any atom is 0.329 e. The molecule has 0 radical (unpaired) electrons. The molecule has 2 amide bonds. The first kappa shape index (κ1) is 15.8. The highest BCUT2D eigenvalue weighted by Gasteiger charge is 2.40. The van der Waals surface area contributed by atoms with E-state index in [-0.39, 0.29) is 0 Å². The van der Waals surface area contributed by atoms with Crippen LogP contribution in [0.15, 0.2) is 0 Å². The van der Waals surface area contributed by atoms with Gasteiger partial charge in [-0.1, -0.05) is 26.2 Å². The SMILES string of the molecule is CCCOCCNC(=O)NC1(C(=O)O)CCCCC1. The molecule has 0 unspecified atom stereocenters. The normalized spacial score (nSPS) is 17.7. The summed E-state index contributed by atoms with van der Waals surface area (Å²) in [5, 5.41) is 14.6. The van der Waals surface area contributed by atoms with Gasteiger partial charge in [-0.15, -0.1) is 0 Å². The van der Waals surface area contributed by atoms with Crippen molar-refractivity contribution < 1.29 is 19.4 Å². The Kier molecular flexibility index (Phi) is 6.62. The summed E-state index contributed by atoms with van der Waals surface area (Å²) in [7, 11) is 0. The topological polar surface area (TPSA) is 87.7 Å². The first-order valence-corrected chi connectivity index (χ1v) is 6.98. The Bertz CT molecular complexity index is 301. The van der Waals surface area contributed by atoms with Crippen molar-refractivity contribution in [1.29, 1.82) is 0 Å². The lowest BCUT2D eigenvalue weighted by Crippen LogP contribution is -2.58. The molecule has 0 heterocycles. The number of amides is 2. The minimum absolute atomic E-state index is 0.390. The predicted octanol–water partition coefficient (Wildman–Crippen LogP) is 1.50. The first-order valence-electron chi connectivity index (χ1n) is 6.98. The molecule has 1 aliphatic carbocycles. The summed E-state index contributed by atoms with van der Waals surface area (Å²) in [5.41, 5.74) is -1.09. The van der Waals surface area contributed by atoms with Gasteiger partial charge in [0.25, 0.3) is 0 Å². The Balaban J connectivity index is 2.33. The van der Waals surface area contributed by atoms with Gasteiger partial charge < -0.3 is 20.5 Å². The van der Waals surface area contributed by atoms with Crippen LogP contribution in [0.1, 0.15) is 45.4 Å². The monoisotopic (exact) mass is 272 g/mol. The Morgan fingerprint density at radius 1 is 1.21 bits per heavy atom. The Hall–Kier alpha value is -1.30. The zero-order valence-electron chi connectivity index (χ0n) is 11.5. The van der Waals surface area contributed by atoms with Crippen molar-refractivity contribution in [3.63, 3.8) is 0 Å². The molecule has 0 bridgehead atoms. The highest BCUT2D eigenvalue weighted by Crippen LogP contribution is 2.28. The fraction of sp³-hybridized carbons (Fsp3) is 0.846. The van der Waals surface area contributed by atoms with E-state index in [1.54, 1.807) is 0 Å². The smallest absolute Gasteiger partial charge is 0.329 e. The summed E-state index contributed by atoms with van der Waals surface area (Å²) in [4.78, 5) is 23.1. The standard InChI is InChI=1S/C13H24N2O4/c1-2-9-19-10-8-14-12(18)15-13(11(16)17)6-4-3-5-7-13/h2-10H2,1H3,(H,16,17)(H2,14,15,18). The quantitative estimate of drug-likeness (QED) is 0.613. The number of urea groups is 1. The summed E-state index contributed by atoms with van der Waals surface area (Å²) in [6.45, 7) is 3.52. The molecule has 0 saturated heterocycles. The third-order valence-corrected chi connectivity index (χ3v) is 3.35. The molecule has 1 saturated carbocycles. The molecule has 0 aliphatic heterocycles. The van der Waals surface area contributed by atoms with Crippen LogP contribution >= 0.6 is 0 Å². The van der Waals surface area contributed by atoms with Crippen molar-refractivity contribution in [3.05, 3.63) is 0 Å². The number of carboxylic acids is 1. The van der Waals surface area contributed by atoms with Crippen molar-refractivity contribution in [3.8, 4) is 0 Å². The number of hydrogen-bond acceptors (Lipinski definition) is 3. The molecule has 110 valence electrons. The number of carbonyl (C=O) groups is 2. The highest BCUT2D eigenvalue weighted by atomic mass is 16.5. The number of nitrogens with one attached hydrogen (secondary N) is 2. The summed E-state index contributed by atoms with van der Waals surface area (Å²) >= 11 is 0. The molecule has 0 aromatic heterocycles. The lowest BCUT2D eigenvalue weighted by Gasteiger charge is -2.33. The van der Waals surface area contributed by atoms with Crippen LogP contribution in [-0.2, 0) is 9.53 Å². The van der Waals surface area contributed by atoms with Gasteiger partial charge in [0, 0.05) is 13.2 Å². The van der Waals surface area contributed by atoms with Crippen LogP contribution in [0.25, 0.3) is 0 Å². The van der Waals surface area contributed by atoms with E-state index in [1.807, 2.05) is 6.92 Å². The van der Waals surface area contributed by atoms with Crippen molar-refractivity contribution in [1.82, 2.24) is 10.6 Å². The minimum atomic E-state index is -1.09. The predicted molar refractivity (Wildman–Crippen MR) is 71.1 cm³/mol. The summed E-state index contributed by atoms with van der Waals surface area (Å²) in [6, 6.07) is -0.426. The number of carbonyl (C=O) groups excluding carboxylic acids is 1. The molecule has 0 aromatic carbocycles. The van der Waals surface area contributed by atoms with Crippen molar-refractivity contribution in [2.24, 2.45) is 0 Å². The summed E-state index contributed by atoms with van der Waals surface area (Å²) < 4.78 is 5.24. The summed E-state index contributed by atoms with van der Waals surface area (Å²) in [5.74, 6) is -0.940. The first-order chi connectivity index (χ1) is 9.10. The lowest BCUT2D eigenvalue weighted by molar-refractivity contribution is -0.145. The minimum Gasteiger partial charge on any atom is -0.480 e. The average Bonchev–Trinajstić information content (AvgIpc) is 2.39. The zero-order valence-corrected chi connectivity index (χ0v) is 11.5. The van der Waals surface area contributed by atoms with Gasteiger partial charge in [0.05, 0.1) is 6.61 Å². The van der Waals surface area contributed by atoms with Crippen LogP contribution < -0.4 is 10.6 Å². The van der Waals surface area contributed by atoms with Crippen molar-refractivity contribution in [2.45, 2.75) is 51.0 Å². The summed E-state index contributed by atoms with van der Waals surface area (Å²) in [6.07, 6.45) is 4.65. The second-order valence-electron chi connectivity index (χ2n) is 4.94.